The number of rotatable bonds is 2. The molecule has 2 aromatic heterocycles. The Balaban J connectivity index is 2.37. The summed E-state index contributed by atoms with van der Waals surface area (Å²) in [5, 5.41) is 9.52. The van der Waals surface area contributed by atoms with Crippen molar-refractivity contribution in [3.8, 4) is 0 Å². The van der Waals surface area contributed by atoms with Crippen molar-refractivity contribution < 1.29 is 9.90 Å². The zero-order chi connectivity index (χ0) is 11.3. The summed E-state index contributed by atoms with van der Waals surface area (Å²) >= 11 is 6.02. The highest BCUT2D eigenvalue weighted by Crippen LogP contribution is 2.40. The van der Waals surface area contributed by atoms with E-state index < -0.39 is 5.97 Å². The largest absolute Gasteiger partial charge is 0.476 e. The van der Waals surface area contributed by atoms with Gasteiger partial charge in [0.25, 0.3) is 0 Å². The van der Waals surface area contributed by atoms with Gasteiger partial charge in [-0.05, 0) is 25.0 Å². The van der Waals surface area contributed by atoms with Crippen molar-refractivity contribution in [3.63, 3.8) is 0 Å². The number of halogens is 1. The molecule has 1 aliphatic rings. The fourth-order valence-corrected chi connectivity index (χ4v) is 2.15. The number of aromatic nitrogens is 2. The van der Waals surface area contributed by atoms with E-state index in [4.69, 9.17) is 16.7 Å². The standard InChI is InChI=1S/C11H9ClN2O2/c12-7-2-1-5-14-9(7)8(11(15)16)13-10(14)6-3-4-6/h1-2,5-6H,3-4H2,(H,15,16). The minimum atomic E-state index is -1.03. The Morgan fingerprint density at radius 2 is 2.31 bits per heavy atom. The molecule has 0 radical (unpaired) electrons. The van der Waals surface area contributed by atoms with Crippen molar-refractivity contribution in [1.82, 2.24) is 9.38 Å². The number of imidazole rings is 1. The van der Waals surface area contributed by atoms with Gasteiger partial charge in [0.2, 0.25) is 0 Å². The Morgan fingerprint density at radius 1 is 1.56 bits per heavy atom. The first-order valence-electron chi connectivity index (χ1n) is 5.08. The molecular formula is C11H9ClN2O2. The van der Waals surface area contributed by atoms with E-state index in [9.17, 15) is 4.79 Å². The minimum absolute atomic E-state index is 0.0486. The number of fused-ring (bicyclic) bond motifs is 1. The lowest BCUT2D eigenvalue weighted by molar-refractivity contribution is 0.0693. The number of pyridine rings is 1. The normalized spacial score (nSPS) is 15.6. The van der Waals surface area contributed by atoms with Crippen molar-refractivity contribution in [3.05, 3.63) is 34.9 Å². The molecule has 0 aromatic carbocycles. The third-order valence-electron chi connectivity index (χ3n) is 2.79. The van der Waals surface area contributed by atoms with E-state index in [-0.39, 0.29) is 5.69 Å². The number of aromatic carboxylic acids is 1. The minimum Gasteiger partial charge on any atom is -0.476 e. The smallest absolute Gasteiger partial charge is 0.356 e. The second kappa shape index (κ2) is 3.22. The number of carbonyl (C=O) groups is 1. The van der Waals surface area contributed by atoms with Crippen LogP contribution in [0.25, 0.3) is 5.52 Å². The summed E-state index contributed by atoms with van der Waals surface area (Å²) in [7, 11) is 0. The van der Waals surface area contributed by atoms with Crippen LogP contribution < -0.4 is 0 Å². The molecule has 5 heteroatoms. The van der Waals surface area contributed by atoms with Crippen molar-refractivity contribution >= 4 is 23.1 Å². The van der Waals surface area contributed by atoms with E-state index in [1.54, 1.807) is 16.5 Å². The average molecular weight is 237 g/mol. The van der Waals surface area contributed by atoms with Crippen LogP contribution in [0, 0.1) is 0 Å². The number of nitrogens with zero attached hydrogens (tertiary/aromatic N) is 2. The molecule has 4 nitrogen and oxygen atoms in total. The molecule has 1 N–H and O–H groups in total. The van der Waals surface area contributed by atoms with Gasteiger partial charge in [-0.2, -0.15) is 0 Å². The molecule has 16 heavy (non-hydrogen) atoms. The van der Waals surface area contributed by atoms with Crippen LogP contribution in [0.4, 0.5) is 0 Å². The Hall–Kier alpha value is -1.55. The quantitative estimate of drug-likeness (QED) is 0.872. The van der Waals surface area contributed by atoms with E-state index >= 15 is 0 Å². The number of hydrogen-bond donors (Lipinski definition) is 1. The van der Waals surface area contributed by atoms with Crippen LogP contribution >= 0.6 is 11.6 Å². The Kier molecular flexibility index (Phi) is 1.94. The first-order chi connectivity index (χ1) is 7.68. The Morgan fingerprint density at radius 3 is 2.94 bits per heavy atom. The summed E-state index contributed by atoms with van der Waals surface area (Å²) in [5.41, 5.74) is 0.547. The van der Waals surface area contributed by atoms with Gasteiger partial charge in [0.1, 0.15) is 5.82 Å². The molecule has 1 aliphatic carbocycles. The lowest BCUT2D eigenvalue weighted by Crippen LogP contribution is -1.97. The van der Waals surface area contributed by atoms with Crippen LogP contribution in [0.15, 0.2) is 18.3 Å². The molecule has 82 valence electrons. The molecular weight excluding hydrogens is 228 g/mol. The van der Waals surface area contributed by atoms with Gasteiger partial charge in [0.05, 0.1) is 10.5 Å². The summed E-state index contributed by atoms with van der Waals surface area (Å²) in [6.45, 7) is 0. The number of hydrogen-bond acceptors (Lipinski definition) is 2. The summed E-state index contributed by atoms with van der Waals surface area (Å²) in [4.78, 5) is 15.3. The topological polar surface area (TPSA) is 54.6 Å². The number of carboxylic acid groups (broad SMARTS) is 1. The molecule has 0 bridgehead atoms. The molecule has 0 aliphatic heterocycles. The van der Waals surface area contributed by atoms with E-state index in [1.165, 1.54) is 0 Å². The molecule has 2 heterocycles. The molecule has 0 atom stereocenters. The molecule has 0 saturated heterocycles. The Labute approximate surface area is 96.5 Å². The lowest BCUT2D eigenvalue weighted by Gasteiger charge is -1.99. The van der Waals surface area contributed by atoms with Gasteiger partial charge < -0.3 is 9.51 Å². The summed E-state index contributed by atoms with van der Waals surface area (Å²) in [6.07, 6.45) is 3.96. The van der Waals surface area contributed by atoms with Crippen molar-refractivity contribution in [2.45, 2.75) is 18.8 Å². The van der Waals surface area contributed by atoms with Gasteiger partial charge in [-0.3, -0.25) is 0 Å². The first kappa shape index (κ1) is 9.66. The van der Waals surface area contributed by atoms with Gasteiger partial charge in [0.15, 0.2) is 5.69 Å². The highest BCUT2D eigenvalue weighted by molar-refractivity contribution is 6.34. The van der Waals surface area contributed by atoms with Gasteiger partial charge in [0, 0.05) is 12.1 Å². The monoisotopic (exact) mass is 236 g/mol. The summed E-state index contributed by atoms with van der Waals surface area (Å²) in [5.74, 6) is 0.173. The number of carboxylic acids is 1. The fraction of sp³-hybridized carbons (Fsp3) is 0.273. The third-order valence-corrected chi connectivity index (χ3v) is 3.09. The SMILES string of the molecule is O=C(O)c1nc(C2CC2)n2cccc(Cl)c12. The lowest BCUT2D eigenvalue weighted by atomic mass is 10.3. The maximum Gasteiger partial charge on any atom is 0.356 e. The second-order valence-electron chi connectivity index (χ2n) is 3.97. The molecule has 3 rings (SSSR count). The highest BCUT2D eigenvalue weighted by atomic mass is 35.5. The molecule has 1 saturated carbocycles. The van der Waals surface area contributed by atoms with E-state index in [0.29, 0.717) is 16.5 Å². The predicted molar refractivity (Wildman–Crippen MR) is 59.1 cm³/mol. The zero-order valence-electron chi connectivity index (χ0n) is 8.35. The molecule has 2 aromatic rings. The van der Waals surface area contributed by atoms with Crippen molar-refractivity contribution in [1.29, 1.82) is 0 Å². The van der Waals surface area contributed by atoms with Crippen LogP contribution in [0.2, 0.25) is 5.02 Å². The predicted octanol–water partition coefficient (Wildman–Crippen LogP) is 2.56. The fourth-order valence-electron chi connectivity index (χ4n) is 1.90. The average Bonchev–Trinajstić information content (AvgIpc) is 2.99. The third kappa shape index (κ3) is 1.30. The van der Waals surface area contributed by atoms with Crippen LogP contribution in [-0.4, -0.2) is 20.5 Å². The Bertz CT molecular complexity index is 587. The van der Waals surface area contributed by atoms with Crippen molar-refractivity contribution in [2.75, 3.05) is 0 Å². The second-order valence-corrected chi connectivity index (χ2v) is 4.38. The van der Waals surface area contributed by atoms with Crippen molar-refractivity contribution in [2.24, 2.45) is 0 Å². The van der Waals surface area contributed by atoms with Crippen LogP contribution in [0.3, 0.4) is 0 Å². The summed E-state index contributed by atoms with van der Waals surface area (Å²) < 4.78 is 1.80. The van der Waals surface area contributed by atoms with Gasteiger partial charge >= 0.3 is 5.97 Å². The van der Waals surface area contributed by atoms with E-state index in [2.05, 4.69) is 4.98 Å². The molecule has 0 spiro atoms. The van der Waals surface area contributed by atoms with E-state index in [0.717, 1.165) is 18.7 Å². The van der Waals surface area contributed by atoms with Crippen LogP contribution in [-0.2, 0) is 0 Å². The van der Waals surface area contributed by atoms with Gasteiger partial charge in [-0.15, -0.1) is 0 Å². The highest BCUT2D eigenvalue weighted by Gasteiger charge is 2.31. The zero-order valence-corrected chi connectivity index (χ0v) is 9.11. The van der Waals surface area contributed by atoms with Gasteiger partial charge in [-0.25, -0.2) is 9.78 Å². The van der Waals surface area contributed by atoms with Gasteiger partial charge in [-0.1, -0.05) is 11.6 Å². The van der Waals surface area contributed by atoms with Crippen LogP contribution in [0.5, 0.6) is 0 Å². The first-order valence-corrected chi connectivity index (χ1v) is 5.46. The summed E-state index contributed by atoms with van der Waals surface area (Å²) in [6, 6.07) is 3.48. The molecule has 1 fully saturated rings. The molecule has 0 amide bonds. The van der Waals surface area contributed by atoms with E-state index in [1.807, 2.05) is 6.20 Å². The van der Waals surface area contributed by atoms with Crippen LogP contribution in [0.1, 0.15) is 35.1 Å². The maximum atomic E-state index is 11.1. The molecule has 0 unspecified atom stereocenters. The maximum absolute atomic E-state index is 11.1.